The smallest absolute Gasteiger partial charge is 0.382 e. The minimum absolute atomic E-state index is 0.189. The SMILES string of the molecule is CCCN(CC(O)C(F)(F)F)C(=O)[C@@H]1CCC2=Cc3c(cnn3-c3ccccc3)C[C@@]21C. The largest absolute Gasteiger partial charge is 0.416 e. The van der Waals surface area contributed by atoms with Crippen molar-refractivity contribution in [2.45, 2.75) is 51.8 Å². The van der Waals surface area contributed by atoms with E-state index in [9.17, 15) is 23.1 Å². The van der Waals surface area contributed by atoms with Gasteiger partial charge in [-0.1, -0.05) is 37.6 Å². The summed E-state index contributed by atoms with van der Waals surface area (Å²) < 4.78 is 40.7. The number of rotatable bonds is 6. The minimum atomic E-state index is -4.75. The number of carbonyl (C=O) groups excluding carboxylic acids is 1. The number of aliphatic hydroxyl groups is 1. The van der Waals surface area contributed by atoms with Crippen molar-refractivity contribution in [3.63, 3.8) is 0 Å². The number of nitrogens with zero attached hydrogens (tertiary/aromatic N) is 3. The van der Waals surface area contributed by atoms with E-state index < -0.39 is 30.2 Å². The van der Waals surface area contributed by atoms with Crippen molar-refractivity contribution in [3.8, 4) is 5.69 Å². The van der Waals surface area contributed by atoms with Crippen LogP contribution >= 0.6 is 0 Å². The van der Waals surface area contributed by atoms with Crippen LogP contribution in [0.15, 0.2) is 42.1 Å². The molecule has 8 heteroatoms. The summed E-state index contributed by atoms with van der Waals surface area (Å²) in [5, 5.41) is 14.1. The molecule has 0 radical (unpaired) electrons. The van der Waals surface area contributed by atoms with Gasteiger partial charge in [0.2, 0.25) is 5.91 Å². The number of benzene rings is 1. The van der Waals surface area contributed by atoms with Crippen LogP contribution in [0.2, 0.25) is 0 Å². The Bertz CT molecular complexity index is 1020. The second kappa shape index (κ2) is 8.39. The standard InChI is InChI=1S/C24H28F3N3O2/c1-3-11-29(15-21(31)24(25,26)27)22(32)19-10-9-17-12-20-16(13-23(17,19)2)14-28-30(20)18-7-5-4-6-8-18/h4-8,12,14,19,21,31H,3,9-11,13,15H2,1-2H3/t19-,21?,23-/m0/s1. The highest BCUT2D eigenvalue weighted by molar-refractivity contribution is 5.82. The van der Waals surface area contributed by atoms with E-state index in [-0.39, 0.29) is 12.5 Å². The van der Waals surface area contributed by atoms with Gasteiger partial charge in [0.25, 0.3) is 0 Å². The maximum atomic E-state index is 13.4. The zero-order valence-electron chi connectivity index (χ0n) is 18.3. The van der Waals surface area contributed by atoms with E-state index in [0.717, 1.165) is 22.5 Å². The average Bonchev–Trinajstić information content (AvgIpc) is 3.30. The van der Waals surface area contributed by atoms with Crippen LogP contribution in [-0.4, -0.2) is 51.1 Å². The average molecular weight is 448 g/mol. The molecule has 172 valence electrons. The van der Waals surface area contributed by atoms with Gasteiger partial charge in [-0.3, -0.25) is 4.79 Å². The molecular formula is C24H28F3N3O2. The number of halogens is 3. The number of hydrogen-bond donors (Lipinski definition) is 1. The monoisotopic (exact) mass is 447 g/mol. The van der Waals surface area contributed by atoms with Crippen molar-refractivity contribution in [3.05, 3.63) is 53.4 Å². The lowest BCUT2D eigenvalue weighted by Crippen LogP contribution is -2.48. The first kappa shape index (κ1) is 22.6. The van der Waals surface area contributed by atoms with Crippen LogP contribution in [0.3, 0.4) is 0 Å². The number of aliphatic hydroxyl groups excluding tert-OH is 1. The van der Waals surface area contributed by atoms with Crippen molar-refractivity contribution < 1.29 is 23.1 Å². The van der Waals surface area contributed by atoms with E-state index >= 15 is 0 Å². The Hall–Kier alpha value is -2.61. The number of hydrogen-bond acceptors (Lipinski definition) is 3. The minimum Gasteiger partial charge on any atom is -0.382 e. The maximum Gasteiger partial charge on any atom is 0.416 e. The van der Waals surface area contributed by atoms with Crippen molar-refractivity contribution in [2.24, 2.45) is 11.3 Å². The lowest BCUT2D eigenvalue weighted by atomic mass is 9.69. The second-order valence-electron chi connectivity index (χ2n) is 9.00. The van der Waals surface area contributed by atoms with Gasteiger partial charge in [0.05, 0.1) is 24.1 Å². The van der Waals surface area contributed by atoms with Crippen molar-refractivity contribution >= 4 is 12.0 Å². The highest BCUT2D eigenvalue weighted by Gasteiger charge is 2.50. The molecule has 1 fully saturated rings. The summed E-state index contributed by atoms with van der Waals surface area (Å²) in [4.78, 5) is 14.6. The van der Waals surface area contributed by atoms with Crippen LogP contribution < -0.4 is 0 Å². The van der Waals surface area contributed by atoms with Crippen LogP contribution in [-0.2, 0) is 11.2 Å². The summed E-state index contributed by atoms with van der Waals surface area (Å²) in [7, 11) is 0. The number of aromatic nitrogens is 2. The lowest BCUT2D eigenvalue weighted by molar-refractivity contribution is -0.208. The molecule has 1 aromatic carbocycles. The first-order valence-electron chi connectivity index (χ1n) is 11.0. The molecule has 32 heavy (non-hydrogen) atoms. The molecular weight excluding hydrogens is 419 g/mol. The van der Waals surface area contributed by atoms with E-state index in [0.29, 0.717) is 25.7 Å². The fraction of sp³-hybridized carbons (Fsp3) is 0.500. The molecule has 1 heterocycles. The van der Waals surface area contributed by atoms with Crippen molar-refractivity contribution in [1.29, 1.82) is 0 Å². The van der Waals surface area contributed by atoms with E-state index in [4.69, 9.17) is 0 Å². The van der Waals surface area contributed by atoms with Gasteiger partial charge in [-0.2, -0.15) is 18.3 Å². The molecule has 0 spiro atoms. The van der Waals surface area contributed by atoms with Gasteiger partial charge in [0, 0.05) is 17.9 Å². The number of amides is 1. The summed E-state index contributed by atoms with van der Waals surface area (Å²) in [6, 6.07) is 9.81. The highest BCUT2D eigenvalue weighted by atomic mass is 19.4. The molecule has 1 amide bonds. The van der Waals surface area contributed by atoms with Crippen LogP contribution in [0.25, 0.3) is 11.8 Å². The van der Waals surface area contributed by atoms with Crippen LogP contribution in [0, 0.1) is 11.3 Å². The van der Waals surface area contributed by atoms with Gasteiger partial charge < -0.3 is 10.0 Å². The number of allylic oxidation sites excluding steroid dienone is 1. The Morgan fingerprint density at radius 3 is 2.72 bits per heavy atom. The molecule has 1 unspecified atom stereocenters. The van der Waals surface area contributed by atoms with Gasteiger partial charge >= 0.3 is 6.18 Å². The summed E-state index contributed by atoms with van der Waals surface area (Å²) >= 11 is 0. The second-order valence-corrected chi connectivity index (χ2v) is 9.00. The third-order valence-corrected chi connectivity index (χ3v) is 6.84. The van der Waals surface area contributed by atoms with Gasteiger partial charge in [-0.25, -0.2) is 4.68 Å². The molecule has 4 rings (SSSR count). The van der Waals surface area contributed by atoms with E-state index in [1.165, 1.54) is 4.90 Å². The van der Waals surface area contributed by atoms with E-state index in [2.05, 4.69) is 11.2 Å². The topological polar surface area (TPSA) is 58.4 Å². The predicted octanol–water partition coefficient (Wildman–Crippen LogP) is 4.39. The number of carbonyl (C=O) groups is 1. The van der Waals surface area contributed by atoms with Crippen molar-refractivity contribution in [2.75, 3.05) is 13.1 Å². The van der Waals surface area contributed by atoms with Crippen LogP contribution in [0.4, 0.5) is 13.2 Å². The zero-order chi connectivity index (χ0) is 23.1. The number of fused-ring (bicyclic) bond motifs is 2. The quantitative estimate of drug-likeness (QED) is 0.715. The lowest BCUT2D eigenvalue weighted by Gasteiger charge is -2.38. The first-order valence-corrected chi connectivity index (χ1v) is 11.0. The summed E-state index contributed by atoms with van der Waals surface area (Å²) in [5.74, 6) is -0.728. The Kier molecular flexibility index (Phi) is 5.92. The molecule has 1 aromatic heterocycles. The van der Waals surface area contributed by atoms with Gasteiger partial charge in [0.15, 0.2) is 6.10 Å². The summed E-state index contributed by atoms with van der Waals surface area (Å²) in [5.41, 5.74) is 3.64. The normalized spacial score (nSPS) is 23.3. The van der Waals surface area contributed by atoms with E-state index in [1.807, 2.05) is 55.1 Å². The Balaban J connectivity index is 1.60. The Morgan fingerprint density at radius 2 is 2.06 bits per heavy atom. The molecule has 2 aromatic rings. The molecule has 3 atom stereocenters. The molecule has 1 N–H and O–H groups in total. The molecule has 2 aliphatic carbocycles. The molecule has 0 saturated heterocycles. The third-order valence-electron chi connectivity index (χ3n) is 6.84. The summed E-state index contributed by atoms with van der Waals surface area (Å²) in [6.07, 6.45) is -0.929. The Labute approximate surface area is 185 Å². The maximum absolute atomic E-state index is 13.4. The fourth-order valence-electron chi connectivity index (χ4n) is 5.11. The summed E-state index contributed by atoms with van der Waals surface area (Å²) in [6.45, 7) is 3.31. The predicted molar refractivity (Wildman–Crippen MR) is 115 cm³/mol. The first-order chi connectivity index (χ1) is 15.1. The van der Waals surface area contributed by atoms with Gasteiger partial charge in [0.1, 0.15) is 0 Å². The number of alkyl halides is 3. The van der Waals surface area contributed by atoms with Gasteiger partial charge in [-0.05, 0) is 49.5 Å². The third kappa shape index (κ3) is 3.96. The van der Waals surface area contributed by atoms with Crippen LogP contribution in [0.1, 0.15) is 44.4 Å². The fourth-order valence-corrected chi connectivity index (χ4v) is 5.11. The molecule has 2 aliphatic rings. The zero-order valence-corrected chi connectivity index (χ0v) is 18.3. The number of para-hydroxylation sites is 1. The van der Waals surface area contributed by atoms with E-state index in [1.54, 1.807) is 0 Å². The van der Waals surface area contributed by atoms with Crippen molar-refractivity contribution in [1.82, 2.24) is 14.7 Å². The van der Waals surface area contributed by atoms with Crippen LogP contribution in [0.5, 0.6) is 0 Å². The molecule has 0 bridgehead atoms. The Morgan fingerprint density at radius 1 is 1.34 bits per heavy atom. The molecule has 1 saturated carbocycles. The highest BCUT2D eigenvalue weighted by Crippen LogP contribution is 2.53. The van der Waals surface area contributed by atoms with Gasteiger partial charge in [-0.15, -0.1) is 0 Å². The molecule has 0 aliphatic heterocycles. The molecule has 5 nitrogen and oxygen atoms in total.